The van der Waals surface area contributed by atoms with Crippen LogP contribution in [-0.2, 0) is 0 Å². The lowest BCUT2D eigenvalue weighted by atomic mass is 10.2. The topological polar surface area (TPSA) is 50.8 Å². The van der Waals surface area contributed by atoms with Crippen LogP contribution in [0.15, 0.2) is 0 Å². The molecule has 66 valence electrons. The average Bonchev–Trinajstić information content (AvgIpc) is 2.07. The number of nitrogens with zero attached hydrogens (tertiary/aromatic N) is 3. The summed E-state index contributed by atoms with van der Waals surface area (Å²) in [4.78, 5) is 1.92. The Balaban J connectivity index is 4.09. The molecule has 12 heavy (non-hydrogen) atoms. The van der Waals surface area contributed by atoms with Crippen LogP contribution in [0.1, 0.15) is 26.7 Å². The molecule has 0 spiro atoms. The Morgan fingerprint density at radius 3 is 2.33 bits per heavy atom. The van der Waals surface area contributed by atoms with Crippen molar-refractivity contribution in [2.75, 3.05) is 13.1 Å². The van der Waals surface area contributed by atoms with Gasteiger partial charge in [0.25, 0.3) is 0 Å². The second kappa shape index (κ2) is 6.64. The van der Waals surface area contributed by atoms with Gasteiger partial charge < -0.3 is 0 Å². The standard InChI is InChI=1S/C9H15N3/c1-3-6-12(7-5-10)9(4-2)8-11/h9H,3-4,6-7H2,1-2H3. The highest BCUT2D eigenvalue weighted by atomic mass is 15.1. The van der Waals surface area contributed by atoms with Gasteiger partial charge >= 0.3 is 0 Å². The van der Waals surface area contributed by atoms with Gasteiger partial charge in [-0.1, -0.05) is 13.8 Å². The summed E-state index contributed by atoms with van der Waals surface area (Å²) in [5.74, 6) is 0. The molecule has 1 unspecified atom stereocenters. The van der Waals surface area contributed by atoms with Crippen LogP contribution in [0, 0.1) is 22.7 Å². The molecule has 0 rings (SSSR count). The van der Waals surface area contributed by atoms with E-state index in [2.05, 4.69) is 19.1 Å². The molecule has 0 fully saturated rings. The fourth-order valence-electron chi connectivity index (χ4n) is 1.15. The number of nitriles is 2. The van der Waals surface area contributed by atoms with Gasteiger partial charge in [0, 0.05) is 6.54 Å². The van der Waals surface area contributed by atoms with E-state index in [1.165, 1.54) is 0 Å². The Morgan fingerprint density at radius 2 is 2.00 bits per heavy atom. The third kappa shape index (κ3) is 3.37. The van der Waals surface area contributed by atoms with Crippen LogP contribution in [0.5, 0.6) is 0 Å². The minimum Gasteiger partial charge on any atom is -0.275 e. The summed E-state index contributed by atoms with van der Waals surface area (Å²) in [6.45, 7) is 5.21. The smallest absolute Gasteiger partial charge is 0.0983 e. The molecular formula is C9H15N3. The minimum atomic E-state index is -0.0930. The molecule has 0 saturated heterocycles. The monoisotopic (exact) mass is 165 g/mol. The SMILES string of the molecule is CCCN(CC#N)C(C#N)CC. The van der Waals surface area contributed by atoms with Gasteiger partial charge in [-0.2, -0.15) is 10.5 Å². The van der Waals surface area contributed by atoms with E-state index >= 15 is 0 Å². The maximum absolute atomic E-state index is 8.75. The molecule has 1 atom stereocenters. The molecule has 0 aromatic rings. The van der Waals surface area contributed by atoms with Gasteiger partial charge in [0.2, 0.25) is 0 Å². The molecule has 0 saturated carbocycles. The van der Waals surface area contributed by atoms with Crippen molar-refractivity contribution in [1.82, 2.24) is 4.90 Å². The Hall–Kier alpha value is -1.06. The van der Waals surface area contributed by atoms with Crippen LogP contribution in [0.4, 0.5) is 0 Å². The van der Waals surface area contributed by atoms with Gasteiger partial charge in [-0.25, -0.2) is 0 Å². The average molecular weight is 165 g/mol. The van der Waals surface area contributed by atoms with E-state index < -0.39 is 0 Å². The van der Waals surface area contributed by atoms with E-state index in [9.17, 15) is 0 Å². The molecule has 0 heterocycles. The predicted molar refractivity (Wildman–Crippen MR) is 47.2 cm³/mol. The fraction of sp³-hybridized carbons (Fsp3) is 0.778. The van der Waals surface area contributed by atoms with Crippen molar-refractivity contribution in [3.05, 3.63) is 0 Å². The lowest BCUT2D eigenvalue weighted by molar-refractivity contribution is 0.257. The fourth-order valence-corrected chi connectivity index (χ4v) is 1.15. The molecular weight excluding hydrogens is 150 g/mol. The second-order valence-electron chi connectivity index (χ2n) is 2.68. The predicted octanol–water partition coefficient (Wildman–Crippen LogP) is 1.52. The Labute approximate surface area is 74.2 Å². The maximum Gasteiger partial charge on any atom is 0.0983 e. The first-order valence-electron chi connectivity index (χ1n) is 4.30. The molecule has 0 aromatic carbocycles. The van der Waals surface area contributed by atoms with Crippen molar-refractivity contribution >= 4 is 0 Å². The van der Waals surface area contributed by atoms with Crippen LogP contribution in [0.2, 0.25) is 0 Å². The second-order valence-corrected chi connectivity index (χ2v) is 2.68. The minimum absolute atomic E-state index is 0.0930. The van der Waals surface area contributed by atoms with Crippen LogP contribution in [0.3, 0.4) is 0 Å². The van der Waals surface area contributed by atoms with E-state index in [-0.39, 0.29) is 6.04 Å². The number of hydrogen-bond donors (Lipinski definition) is 0. The van der Waals surface area contributed by atoms with Crippen LogP contribution >= 0.6 is 0 Å². The van der Waals surface area contributed by atoms with E-state index in [0.717, 1.165) is 19.4 Å². The third-order valence-electron chi connectivity index (χ3n) is 1.76. The van der Waals surface area contributed by atoms with Crippen molar-refractivity contribution in [2.45, 2.75) is 32.7 Å². The van der Waals surface area contributed by atoms with Crippen LogP contribution in [0.25, 0.3) is 0 Å². The quantitative estimate of drug-likeness (QED) is 0.580. The molecule has 0 aromatic heterocycles. The van der Waals surface area contributed by atoms with Gasteiger partial charge in [-0.05, 0) is 12.8 Å². The lowest BCUT2D eigenvalue weighted by Gasteiger charge is -2.22. The molecule has 0 aliphatic rings. The van der Waals surface area contributed by atoms with E-state index in [1.807, 2.05) is 11.8 Å². The molecule has 0 N–H and O–H groups in total. The number of rotatable bonds is 5. The zero-order valence-electron chi connectivity index (χ0n) is 7.75. The largest absolute Gasteiger partial charge is 0.275 e. The van der Waals surface area contributed by atoms with E-state index in [1.54, 1.807) is 0 Å². The Morgan fingerprint density at radius 1 is 1.33 bits per heavy atom. The first kappa shape index (κ1) is 10.9. The molecule has 0 radical (unpaired) electrons. The summed E-state index contributed by atoms with van der Waals surface area (Å²) in [5.41, 5.74) is 0. The summed E-state index contributed by atoms with van der Waals surface area (Å²) in [7, 11) is 0. The Kier molecular flexibility index (Phi) is 6.05. The summed E-state index contributed by atoms with van der Waals surface area (Å²) in [6, 6.07) is 4.18. The highest BCUT2D eigenvalue weighted by Gasteiger charge is 2.13. The van der Waals surface area contributed by atoms with Crippen molar-refractivity contribution < 1.29 is 0 Å². The third-order valence-corrected chi connectivity index (χ3v) is 1.76. The van der Waals surface area contributed by atoms with Gasteiger partial charge in [-0.15, -0.1) is 0 Å². The summed E-state index contributed by atoms with van der Waals surface area (Å²) in [5, 5.41) is 17.3. The van der Waals surface area contributed by atoms with Gasteiger partial charge in [0.05, 0.1) is 24.7 Å². The van der Waals surface area contributed by atoms with Crippen molar-refractivity contribution in [3.63, 3.8) is 0 Å². The zero-order chi connectivity index (χ0) is 9.40. The molecule has 3 nitrogen and oxygen atoms in total. The van der Waals surface area contributed by atoms with Gasteiger partial charge in [-0.3, -0.25) is 4.90 Å². The number of hydrogen-bond acceptors (Lipinski definition) is 3. The van der Waals surface area contributed by atoms with E-state index in [4.69, 9.17) is 10.5 Å². The molecule has 0 amide bonds. The van der Waals surface area contributed by atoms with Crippen LogP contribution in [-0.4, -0.2) is 24.0 Å². The zero-order valence-corrected chi connectivity index (χ0v) is 7.75. The molecule has 0 aliphatic heterocycles. The van der Waals surface area contributed by atoms with Crippen molar-refractivity contribution in [3.8, 4) is 12.1 Å². The first-order valence-corrected chi connectivity index (χ1v) is 4.30. The highest BCUT2D eigenvalue weighted by Crippen LogP contribution is 2.02. The molecule has 3 heteroatoms. The lowest BCUT2D eigenvalue weighted by Crippen LogP contribution is -2.34. The summed E-state index contributed by atoms with van der Waals surface area (Å²) < 4.78 is 0. The van der Waals surface area contributed by atoms with Gasteiger partial charge in [0.15, 0.2) is 0 Å². The maximum atomic E-state index is 8.75. The summed E-state index contributed by atoms with van der Waals surface area (Å²) >= 11 is 0. The van der Waals surface area contributed by atoms with Crippen LogP contribution < -0.4 is 0 Å². The van der Waals surface area contributed by atoms with Gasteiger partial charge in [0.1, 0.15) is 0 Å². The molecule has 0 bridgehead atoms. The first-order chi connectivity index (χ1) is 5.79. The normalized spacial score (nSPS) is 12.1. The Bertz CT molecular complexity index is 187. The highest BCUT2D eigenvalue weighted by molar-refractivity contribution is 4.93. The van der Waals surface area contributed by atoms with Crippen molar-refractivity contribution in [2.24, 2.45) is 0 Å². The van der Waals surface area contributed by atoms with Crippen molar-refractivity contribution in [1.29, 1.82) is 10.5 Å². The van der Waals surface area contributed by atoms with E-state index in [0.29, 0.717) is 6.54 Å². The molecule has 0 aliphatic carbocycles. The summed E-state index contributed by atoms with van der Waals surface area (Å²) in [6.07, 6.45) is 1.78.